The lowest BCUT2D eigenvalue weighted by atomic mass is 9.89. The Morgan fingerprint density at radius 3 is 2.33 bits per heavy atom. The molecule has 1 fully saturated rings. The van der Waals surface area contributed by atoms with Crippen LogP contribution in [0.5, 0.6) is 5.75 Å². The third-order valence-electron chi connectivity index (χ3n) is 8.28. The van der Waals surface area contributed by atoms with Crippen LogP contribution < -0.4 is 10.1 Å². The van der Waals surface area contributed by atoms with Crippen molar-refractivity contribution in [1.82, 2.24) is 19.6 Å². The van der Waals surface area contributed by atoms with Crippen molar-refractivity contribution in [2.75, 3.05) is 13.1 Å². The van der Waals surface area contributed by atoms with Gasteiger partial charge in [0.15, 0.2) is 11.4 Å². The number of carbonyl (C=O) groups excluding carboxylic acids is 1. The van der Waals surface area contributed by atoms with Gasteiger partial charge in [-0.2, -0.15) is 0 Å². The second kappa shape index (κ2) is 13.0. The smallest absolute Gasteiger partial charge is 0.221 e. The van der Waals surface area contributed by atoms with Crippen molar-refractivity contribution in [3.05, 3.63) is 137 Å². The molecule has 0 saturated carbocycles. The number of nitrogens with zero attached hydrogens (tertiary/aromatic N) is 3. The number of hydrogen-bond donors (Lipinski definition) is 1. The van der Waals surface area contributed by atoms with Crippen LogP contribution in [0.1, 0.15) is 53.1 Å². The van der Waals surface area contributed by atoms with Gasteiger partial charge in [0.2, 0.25) is 5.91 Å². The molecule has 6 rings (SSSR count). The topological polar surface area (TPSA) is 58.9 Å². The predicted octanol–water partition coefficient (Wildman–Crippen LogP) is 6.52. The fourth-order valence-electron chi connectivity index (χ4n) is 6.01. The Morgan fingerprint density at radius 1 is 0.905 bits per heavy atom. The molecular weight excluding hydrogens is 520 g/mol. The van der Waals surface area contributed by atoms with E-state index < -0.39 is 0 Å². The highest BCUT2D eigenvalue weighted by Crippen LogP contribution is 2.33. The first-order valence-electron chi connectivity index (χ1n) is 14.9. The Labute approximate surface area is 248 Å². The number of hydrogen-bond acceptors (Lipinski definition) is 4. The SMILES string of the molecule is Cc1ccccc1C(CC(=O)NC1CCN(Cc2ccccc2)CC1)c1cnc2c(OCc3ccccc3)cccn12. The van der Waals surface area contributed by atoms with Gasteiger partial charge in [-0.15, -0.1) is 0 Å². The van der Waals surface area contributed by atoms with Crippen LogP contribution in [-0.2, 0) is 17.9 Å². The van der Waals surface area contributed by atoms with E-state index in [1.807, 2.05) is 54.9 Å². The van der Waals surface area contributed by atoms with Crippen LogP contribution in [0.2, 0.25) is 0 Å². The normalized spacial score (nSPS) is 15.0. The Balaban J connectivity index is 1.17. The fourth-order valence-corrected chi connectivity index (χ4v) is 6.01. The Morgan fingerprint density at radius 2 is 1.60 bits per heavy atom. The third-order valence-corrected chi connectivity index (χ3v) is 8.28. The van der Waals surface area contributed by atoms with Crippen LogP contribution in [0.4, 0.5) is 0 Å². The maximum Gasteiger partial charge on any atom is 0.221 e. The second-order valence-corrected chi connectivity index (χ2v) is 11.2. The number of pyridine rings is 1. The summed E-state index contributed by atoms with van der Waals surface area (Å²) in [4.78, 5) is 20.8. The summed E-state index contributed by atoms with van der Waals surface area (Å²) in [5, 5.41) is 3.36. The van der Waals surface area contributed by atoms with Crippen molar-refractivity contribution in [2.45, 2.75) is 51.3 Å². The molecule has 0 bridgehead atoms. The Kier molecular flexibility index (Phi) is 8.61. The maximum atomic E-state index is 13.6. The summed E-state index contributed by atoms with van der Waals surface area (Å²) in [5.41, 5.74) is 6.48. The highest BCUT2D eigenvalue weighted by atomic mass is 16.5. The average Bonchev–Trinajstić information content (AvgIpc) is 3.46. The summed E-state index contributed by atoms with van der Waals surface area (Å²) in [6, 6.07) is 33.2. The first kappa shape index (κ1) is 27.7. The lowest BCUT2D eigenvalue weighted by Crippen LogP contribution is -2.44. The van der Waals surface area contributed by atoms with E-state index >= 15 is 0 Å². The van der Waals surface area contributed by atoms with Crippen LogP contribution in [0.3, 0.4) is 0 Å². The first-order valence-corrected chi connectivity index (χ1v) is 14.9. The van der Waals surface area contributed by atoms with E-state index in [0.29, 0.717) is 13.0 Å². The number of aromatic nitrogens is 2. The summed E-state index contributed by atoms with van der Waals surface area (Å²) in [6.07, 6.45) is 6.20. The van der Waals surface area contributed by atoms with Crippen molar-refractivity contribution in [3.8, 4) is 5.75 Å². The molecule has 6 nitrogen and oxygen atoms in total. The van der Waals surface area contributed by atoms with Gasteiger partial charge in [0.25, 0.3) is 0 Å². The molecule has 2 aromatic heterocycles. The maximum absolute atomic E-state index is 13.6. The van der Waals surface area contributed by atoms with Crippen LogP contribution in [0.25, 0.3) is 5.65 Å². The zero-order valence-electron chi connectivity index (χ0n) is 24.2. The lowest BCUT2D eigenvalue weighted by molar-refractivity contribution is -0.122. The predicted molar refractivity (Wildman–Crippen MR) is 166 cm³/mol. The standard InChI is InChI=1S/C36H38N4O2/c1-27-11-8-9-16-31(27)32(23-35(41)38-30-18-21-39(22-19-30)25-28-12-4-2-5-13-28)33-24-37-36-34(17-10-20-40(33)36)42-26-29-14-6-3-7-15-29/h2-17,20,24,30,32H,18-19,21-23,25-26H2,1H3,(H,38,41). The molecule has 214 valence electrons. The number of amides is 1. The molecule has 1 atom stereocenters. The van der Waals surface area contributed by atoms with E-state index in [0.717, 1.165) is 66.3 Å². The van der Waals surface area contributed by atoms with E-state index in [9.17, 15) is 4.79 Å². The van der Waals surface area contributed by atoms with Gasteiger partial charge >= 0.3 is 0 Å². The number of piperidine rings is 1. The number of nitrogens with one attached hydrogen (secondary N) is 1. The third kappa shape index (κ3) is 6.55. The van der Waals surface area contributed by atoms with E-state index in [4.69, 9.17) is 9.72 Å². The molecule has 0 aliphatic carbocycles. The monoisotopic (exact) mass is 558 g/mol. The number of rotatable bonds is 10. The molecule has 5 aromatic rings. The van der Waals surface area contributed by atoms with E-state index in [1.54, 1.807) is 0 Å². The number of carbonyl (C=O) groups is 1. The molecule has 0 radical (unpaired) electrons. The number of benzene rings is 3. The molecule has 3 heterocycles. The number of fused-ring (bicyclic) bond motifs is 1. The van der Waals surface area contributed by atoms with Crippen LogP contribution in [-0.4, -0.2) is 39.3 Å². The minimum atomic E-state index is -0.135. The molecule has 1 N–H and O–H groups in total. The van der Waals surface area contributed by atoms with Crippen LogP contribution in [0, 0.1) is 6.92 Å². The fraction of sp³-hybridized carbons (Fsp3) is 0.278. The van der Waals surface area contributed by atoms with Gasteiger partial charge in [0.05, 0.1) is 5.69 Å². The van der Waals surface area contributed by atoms with Crippen LogP contribution >= 0.6 is 0 Å². The van der Waals surface area contributed by atoms with Gasteiger partial charge in [0, 0.05) is 50.4 Å². The Bertz CT molecular complexity index is 1610. The second-order valence-electron chi connectivity index (χ2n) is 11.2. The summed E-state index contributed by atoms with van der Waals surface area (Å²) in [7, 11) is 0. The number of likely N-dealkylation sites (tertiary alicyclic amines) is 1. The number of aryl methyl sites for hydroxylation is 1. The summed E-state index contributed by atoms with van der Waals surface area (Å²) in [6.45, 7) is 5.51. The van der Waals surface area contributed by atoms with Crippen molar-refractivity contribution >= 4 is 11.6 Å². The average molecular weight is 559 g/mol. The molecule has 1 aliphatic rings. The van der Waals surface area contributed by atoms with Gasteiger partial charge in [0.1, 0.15) is 6.61 Å². The summed E-state index contributed by atoms with van der Waals surface area (Å²) >= 11 is 0. The molecule has 0 spiro atoms. The number of imidazole rings is 1. The van der Waals surface area contributed by atoms with Crippen LogP contribution in [0.15, 0.2) is 109 Å². The quantitative estimate of drug-likeness (QED) is 0.212. The summed E-state index contributed by atoms with van der Waals surface area (Å²) < 4.78 is 8.27. The van der Waals surface area contributed by atoms with Crippen molar-refractivity contribution < 1.29 is 9.53 Å². The van der Waals surface area contributed by atoms with Gasteiger partial charge in [-0.1, -0.05) is 84.9 Å². The van der Waals surface area contributed by atoms with Crippen molar-refractivity contribution in [3.63, 3.8) is 0 Å². The highest BCUT2D eigenvalue weighted by molar-refractivity contribution is 5.78. The van der Waals surface area contributed by atoms with E-state index in [-0.39, 0.29) is 17.9 Å². The molecular formula is C36H38N4O2. The summed E-state index contributed by atoms with van der Waals surface area (Å²) in [5.74, 6) is 0.669. The van der Waals surface area contributed by atoms with Gasteiger partial charge in [-0.25, -0.2) is 4.98 Å². The molecule has 1 unspecified atom stereocenters. The van der Waals surface area contributed by atoms with Gasteiger partial charge in [-0.05, 0) is 54.2 Å². The molecule has 3 aromatic carbocycles. The first-order chi connectivity index (χ1) is 20.6. The van der Waals surface area contributed by atoms with Crippen molar-refractivity contribution in [1.29, 1.82) is 0 Å². The van der Waals surface area contributed by atoms with E-state index in [2.05, 4.69) is 76.1 Å². The number of ether oxygens (including phenoxy) is 1. The molecule has 1 saturated heterocycles. The molecule has 42 heavy (non-hydrogen) atoms. The minimum absolute atomic E-state index is 0.0798. The lowest BCUT2D eigenvalue weighted by Gasteiger charge is -2.32. The van der Waals surface area contributed by atoms with E-state index in [1.165, 1.54) is 5.56 Å². The molecule has 6 heteroatoms. The largest absolute Gasteiger partial charge is 0.485 e. The molecule has 1 aliphatic heterocycles. The minimum Gasteiger partial charge on any atom is -0.485 e. The van der Waals surface area contributed by atoms with Gasteiger partial charge < -0.3 is 14.5 Å². The zero-order chi connectivity index (χ0) is 28.7. The highest BCUT2D eigenvalue weighted by Gasteiger charge is 2.26. The van der Waals surface area contributed by atoms with Crippen molar-refractivity contribution in [2.24, 2.45) is 0 Å². The molecule has 1 amide bonds. The zero-order valence-corrected chi connectivity index (χ0v) is 24.2. The van der Waals surface area contributed by atoms with Gasteiger partial charge in [-0.3, -0.25) is 9.69 Å². The Hall–Kier alpha value is -4.42.